The van der Waals surface area contributed by atoms with E-state index in [1.165, 1.54) is 32.2 Å². The zero-order chi connectivity index (χ0) is 12.8. The van der Waals surface area contributed by atoms with Gasteiger partial charge in [-0.05, 0) is 93.9 Å². The monoisotopic (exact) mass is 262 g/mol. The van der Waals surface area contributed by atoms with Crippen molar-refractivity contribution in [3.63, 3.8) is 0 Å². The average Bonchev–Trinajstić information content (AvgIpc) is 2.39. The van der Waals surface area contributed by atoms with E-state index in [0.717, 1.165) is 35.6 Å². The smallest absolute Gasteiger partial charge is 0.00683 e. The molecule has 0 saturated heterocycles. The molecule has 2 heteroatoms. The summed E-state index contributed by atoms with van der Waals surface area (Å²) in [6.07, 6.45) is 12.9. The van der Waals surface area contributed by atoms with Crippen molar-refractivity contribution in [3.8, 4) is 0 Å². The van der Waals surface area contributed by atoms with Crippen molar-refractivity contribution < 1.29 is 0 Å². The molecule has 0 aromatic heterocycles. The summed E-state index contributed by atoms with van der Waals surface area (Å²) in [6.45, 7) is 1.31. The maximum absolute atomic E-state index is 6.00. The standard InChI is InChI=1S/C17H30N2/c18-15-1-3-16(4-2-15)19-10-17-13-6-11-5-12(8-13)9-14(17)7-11/h11-17,19H,1-10,18H2. The van der Waals surface area contributed by atoms with Gasteiger partial charge in [0.05, 0.1) is 0 Å². The second-order valence-electron chi connectivity index (χ2n) is 8.11. The van der Waals surface area contributed by atoms with Crippen LogP contribution in [0.4, 0.5) is 0 Å². The van der Waals surface area contributed by atoms with Crippen LogP contribution in [0.1, 0.15) is 57.8 Å². The van der Waals surface area contributed by atoms with Crippen molar-refractivity contribution in [1.82, 2.24) is 5.32 Å². The Morgan fingerprint density at radius 2 is 1.37 bits per heavy atom. The minimum atomic E-state index is 0.485. The fourth-order valence-electron chi connectivity index (χ4n) is 6.00. The highest BCUT2D eigenvalue weighted by molar-refractivity contribution is 4.99. The molecule has 0 unspecified atom stereocenters. The Labute approximate surface area is 117 Å². The molecule has 5 aliphatic rings. The molecule has 108 valence electrons. The van der Waals surface area contributed by atoms with E-state index in [1.54, 1.807) is 32.1 Å². The van der Waals surface area contributed by atoms with Gasteiger partial charge in [-0.3, -0.25) is 0 Å². The predicted octanol–water partition coefficient (Wildman–Crippen LogP) is 2.92. The summed E-state index contributed by atoms with van der Waals surface area (Å²) in [6, 6.07) is 1.26. The first-order valence-electron chi connectivity index (χ1n) is 8.77. The largest absolute Gasteiger partial charge is 0.328 e. The predicted molar refractivity (Wildman–Crippen MR) is 78.8 cm³/mol. The fourth-order valence-corrected chi connectivity index (χ4v) is 6.00. The molecule has 0 radical (unpaired) electrons. The third kappa shape index (κ3) is 2.47. The van der Waals surface area contributed by atoms with Crippen molar-refractivity contribution >= 4 is 0 Å². The van der Waals surface area contributed by atoms with E-state index in [4.69, 9.17) is 5.73 Å². The van der Waals surface area contributed by atoms with Crippen LogP contribution in [-0.4, -0.2) is 18.6 Å². The number of hydrogen-bond acceptors (Lipinski definition) is 2. The third-order valence-electron chi connectivity index (χ3n) is 6.84. The van der Waals surface area contributed by atoms with E-state index in [9.17, 15) is 0 Å². The highest BCUT2D eigenvalue weighted by Gasteiger charge is 2.47. The lowest BCUT2D eigenvalue weighted by molar-refractivity contribution is -0.0366. The molecule has 3 N–H and O–H groups in total. The van der Waals surface area contributed by atoms with E-state index in [1.807, 2.05) is 0 Å². The maximum Gasteiger partial charge on any atom is 0.00683 e. The molecule has 4 bridgehead atoms. The van der Waals surface area contributed by atoms with Crippen LogP contribution in [0, 0.1) is 29.6 Å². The van der Waals surface area contributed by atoms with Crippen molar-refractivity contribution in [2.45, 2.75) is 69.9 Å². The van der Waals surface area contributed by atoms with Crippen LogP contribution in [0.2, 0.25) is 0 Å². The first-order valence-corrected chi connectivity index (χ1v) is 8.77. The summed E-state index contributed by atoms with van der Waals surface area (Å²) in [7, 11) is 0. The van der Waals surface area contributed by atoms with Gasteiger partial charge in [-0.1, -0.05) is 0 Å². The minimum absolute atomic E-state index is 0.485. The van der Waals surface area contributed by atoms with E-state index >= 15 is 0 Å². The zero-order valence-corrected chi connectivity index (χ0v) is 12.2. The van der Waals surface area contributed by atoms with Gasteiger partial charge in [0.15, 0.2) is 0 Å². The molecule has 0 amide bonds. The van der Waals surface area contributed by atoms with Crippen molar-refractivity contribution in [2.24, 2.45) is 35.3 Å². The lowest BCUT2D eigenvalue weighted by Crippen LogP contribution is -2.50. The first kappa shape index (κ1) is 12.6. The summed E-state index contributed by atoms with van der Waals surface area (Å²) in [5.41, 5.74) is 6.00. The van der Waals surface area contributed by atoms with Gasteiger partial charge in [-0.25, -0.2) is 0 Å². The van der Waals surface area contributed by atoms with Crippen LogP contribution in [0.15, 0.2) is 0 Å². The Morgan fingerprint density at radius 1 is 0.789 bits per heavy atom. The highest BCUT2D eigenvalue weighted by atomic mass is 14.9. The lowest BCUT2D eigenvalue weighted by Gasteiger charge is -2.54. The second kappa shape index (κ2) is 5.04. The van der Waals surface area contributed by atoms with Crippen molar-refractivity contribution in [2.75, 3.05) is 6.54 Å². The van der Waals surface area contributed by atoms with Gasteiger partial charge >= 0.3 is 0 Å². The van der Waals surface area contributed by atoms with Crippen LogP contribution in [0.25, 0.3) is 0 Å². The summed E-state index contributed by atoms with van der Waals surface area (Å²) in [5, 5.41) is 3.91. The molecule has 2 nitrogen and oxygen atoms in total. The van der Waals surface area contributed by atoms with Crippen LogP contribution < -0.4 is 11.1 Å². The molecular formula is C17H30N2. The van der Waals surface area contributed by atoms with Crippen LogP contribution >= 0.6 is 0 Å². The van der Waals surface area contributed by atoms with Crippen LogP contribution in [-0.2, 0) is 0 Å². The van der Waals surface area contributed by atoms with Crippen LogP contribution in [0.3, 0.4) is 0 Å². The number of rotatable bonds is 3. The van der Waals surface area contributed by atoms with Gasteiger partial charge in [0.2, 0.25) is 0 Å². The number of nitrogens with two attached hydrogens (primary N) is 1. The first-order chi connectivity index (χ1) is 9.28. The summed E-state index contributed by atoms with van der Waals surface area (Å²) >= 11 is 0. The molecule has 0 aromatic rings. The Kier molecular flexibility index (Phi) is 3.35. The Balaban J connectivity index is 1.31. The molecule has 5 aliphatic carbocycles. The molecule has 0 aliphatic heterocycles. The van der Waals surface area contributed by atoms with Gasteiger partial charge in [0, 0.05) is 12.1 Å². The van der Waals surface area contributed by atoms with Gasteiger partial charge in [0.1, 0.15) is 0 Å². The molecular weight excluding hydrogens is 232 g/mol. The fraction of sp³-hybridized carbons (Fsp3) is 1.00. The van der Waals surface area contributed by atoms with Crippen LogP contribution in [0.5, 0.6) is 0 Å². The molecule has 0 heterocycles. The SMILES string of the molecule is NC1CCC(NCC2C3CC4CC(C3)CC2C4)CC1. The quantitative estimate of drug-likeness (QED) is 0.821. The Hall–Kier alpha value is -0.0800. The van der Waals surface area contributed by atoms with E-state index in [0.29, 0.717) is 6.04 Å². The highest BCUT2D eigenvalue weighted by Crippen LogP contribution is 2.56. The van der Waals surface area contributed by atoms with Gasteiger partial charge < -0.3 is 11.1 Å². The van der Waals surface area contributed by atoms with E-state index < -0.39 is 0 Å². The minimum Gasteiger partial charge on any atom is -0.328 e. The van der Waals surface area contributed by atoms with E-state index in [2.05, 4.69) is 5.32 Å². The molecule has 19 heavy (non-hydrogen) atoms. The van der Waals surface area contributed by atoms with Gasteiger partial charge in [-0.15, -0.1) is 0 Å². The number of nitrogens with one attached hydrogen (secondary N) is 1. The summed E-state index contributed by atoms with van der Waals surface area (Å²) in [4.78, 5) is 0. The third-order valence-corrected chi connectivity index (χ3v) is 6.84. The molecule has 0 atom stereocenters. The normalized spacial score (nSPS) is 52.6. The molecule has 5 saturated carbocycles. The van der Waals surface area contributed by atoms with E-state index in [-0.39, 0.29) is 0 Å². The van der Waals surface area contributed by atoms with Crippen molar-refractivity contribution in [1.29, 1.82) is 0 Å². The summed E-state index contributed by atoms with van der Waals surface area (Å²) < 4.78 is 0. The van der Waals surface area contributed by atoms with Gasteiger partial charge in [0.25, 0.3) is 0 Å². The van der Waals surface area contributed by atoms with Crippen molar-refractivity contribution in [3.05, 3.63) is 0 Å². The second-order valence-corrected chi connectivity index (χ2v) is 8.11. The number of hydrogen-bond donors (Lipinski definition) is 2. The lowest BCUT2D eigenvalue weighted by atomic mass is 9.52. The topological polar surface area (TPSA) is 38.0 Å². The maximum atomic E-state index is 6.00. The Morgan fingerprint density at radius 3 is 1.95 bits per heavy atom. The molecule has 5 rings (SSSR count). The molecule has 5 fully saturated rings. The molecule has 0 aromatic carbocycles. The average molecular weight is 262 g/mol. The Bertz CT molecular complexity index is 291. The van der Waals surface area contributed by atoms with Gasteiger partial charge in [-0.2, -0.15) is 0 Å². The molecule has 0 spiro atoms. The summed E-state index contributed by atoms with van der Waals surface area (Å²) in [5.74, 6) is 5.41. The zero-order valence-electron chi connectivity index (χ0n) is 12.2.